The van der Waals surface area contributed by atoms with Gasteiger partial charge in [-0.15, -0.1) is 0 Å². The number of nitrogens with two attached hydrogens (primary N) is 1. The summed E-state index contributed by atoms with van der Waals surface area (Å²) in [6.45, 7) is 7.77. The molecule has 0 amide bonds. The molecule has 0 atom stereocenters. The van der Waals surface area contributed by atoms with Crippen LogP contribution in [0.4, 0.5) is 11.4 Å². The third-order valence-corrected chi connectivity index (χ3v) is 3.54. The molecular weight excluding hydrogens is 252 g/mol. The average molecular weight is 280 g/mol. The van der Waals surface area contributed by atoms with E-state index < -0.39 is 0 Å². The predicted molar refractivity (Wildman–Crippen MR) is 85.4 cm³/mol. The molecule has 0 aliphatic heterocycles. The molecule has 4 nitrogen and oxygen atoms in total. The van der Waals surface area contributed by atoms with Crippen LogP contribution in [0.2, 0.25) is 0 Å². The largest absolute Gasteiger partial charge is 0.491 e. The van der Waals surface area contributed by atoms with Gasteiger partial charge >= 0.3 is 0 Å². The van der Waals surface area contributed by atoms with Gasteiger partial charge in [-0.1, -0.05) is 26.8 Å². The molecule has 114 valence electrons. The average Bonchev–Trinajstić information content (AvgIpc) is 2.47. The third kappa shape index (κ3) is 4.04. The lowest BCUT2D eigenvalue weighted by Gasteiger charge is -2.33. The molecule has 1 rings (SSSR count). The summed E-state index contributed by atoms with van der Waals surface area (Å²) in [5, 5.41) is 9.33. The summed E-state index contributed by atoms with van der Waals surface area (Å²) in [5.41, 5.74) is 7.88. The van der Waals surface area contributed by atoms with E-state index in [2.05, 4.69) is 25.7 Å². The summed E-state index contributed by atoms with van der Waals surface area (Å²) in [6.07, 6.45) is 3.00. The van der Waals surface area contributed by atoms with E-state index in [1.54, 1.807) is 0 Å². The molecule has 3 N–H and O–H groups in total. The van der Waals surface area contributed by atoms with Gasteiger partial charge in [0.25, 0.3) is 0 Å². The first kappa shape index (κ1) is 16.6. The van der Waals surface area contributed by atoms with Crippen LogP contribution in [0, 0.1) is 0 Å². The van der Waals surface area contributed by atoms with Gasteiger partial charge < -0.3 is 20.5 Å². The number of aliphatic hydroxyl groups is 1. The van der Waals surface area contributed by atoms with Crippen molar-refractivity contribution < 1.29 is 9.84 Å². The highest BCUT2D eigenvalue weighted by molar-refractivity contribution is 5.74. The molecule has 0 saturated carbocycles. The maximum absolute atomic E-state index is 9.33. The molecule has 0 aromatic heterocycles. The molecule has 0 saturated heterocycles. The summed E-state index contributed by atoms with van der Waals surface area (Å²) in [5.74, 6) is 0.734. The second-order valence-electron chi connectivity index (χ2n) is 4.92. The number of nitrogens with zero attached hydrogens (tertiary/aromatic N) is 1. The molecule has 0 heterocycles. The summed E-state index contributed by atoms with van der Waals surface area (Å²) < 4.78 is 5.69. The van der Waals surface area contributed by atoms with Crippen molar-refractivity contribution in [3.8, 4) is 5.75 Å². The first-order chi connectivity index (χ1) is 9.69. The highest BCUT2D eigenvalue weighted by Gasteiger charge is 2.19. The number of hydrogen-bond donors (Lipinski definition) is 2. The van der Waals surface area contributed by atoms with Gasteiger partial charge in [-0.3, -0.25) is 0 Å². The van der Waals surface area contributed by atoms with Crippen molar-refractivity contribution in [3.63, 3.8) is 0 Å². The number of benzene rings is 1. The van der Waals surface area contributed by atoms with Crippen LogP contribution in [0.25, 0.3) is 0 Å². The molecule has 1 aromatic rings. The van der Waals surface area contributed by atoms with E-state index in [0.29, 0.717) is 24.9 Å². The zero-order valence-electron chi connectivity index (χ0n) is 12.9. The van der Waals surface area contributed by atoms with Gasteiger partial charge in [0, 0.05) is 12.6 Å². The molecule has 0 spiro atoms. The van der Waals surface area contributed by atoms with Crippen LogP contribution in [0.5, 0.6) is 5.75 Å². The summed E-state index contributed by atoms with van der Waals surface area (Å²) >= 11 is 0. The molecule has 0 aliphatic rings. The van der Waals surface area contributed by atoms with E-state index in [9.17, 15) is 5.11 Å². The Bertz CT molecular complexity index is 392. The normalized spacial score (nSPS) is 10.8. The molecule has 0 radical (unpaired) electrons. The lowest BCUT2D eigenvalue weighted by atomic mass is 10.1. The topological polar surface area (TPSA) is 58.7 Å². The Morgan fingerprint density at radius 1 is 1.25 bits per heavy atom. The highest BCUT2D eigenvalue weighted by atomic mass is 16.5. The van der Waals surface area contributed by atoms with E-state index >= 15 is 0 Å². The van der Waals surface area contributed by atoms with E-state index in [0.717, 1.165) is 30.7 Å². The van der Waals surface area contributed by atoms with Gasteiger partial charge in [0.2, 0.25) is 0 Å². The first-order valence-electron chi connectivity index (χ1n) is 7.58. The Hall–Kier alpha value is -1.42. The predicted octanol–water partition coefficient (Wildman–Crippen LogP) is 3.04. The van der Waals surface area contributed by atoms with Crippen LogP contribution in [0.15, 0.2) is 18.2 Å². The van der Waals surface area contributed by atoms with Crippen molar-refractivity contribution in [2.45, 2.75) is 46.1 Å². The quantitative estimate of drug-likeness (QED) is 0.683. The number of para-hydroxylation sites is 1. The van der Waals surface area contributed by atoms with E-state index in [-0.39, 0.29) is 6.61 Å². The van der Waals surface area contributed by atoms with Crippen LogP contribution in [0.1, 0.15) is 40.0 Å². The molecular formula is C16H28N2O2. The summed E-state index contributed by atoms with van der Waals surface area (Å²) in [4.78, 5) is 2.19. The highest BCUT2D eigenvalue weighted by Crippen LogP contribution is 2.34. The Balaban J connectivity index is 3.06. The van der Waals surface area contributed by atoms with Crippen LogP contribution in [-0.4, -0.2) is 30.9 Å². The number of rotatable bonds is 9. The van der Waals surface area contributed by atoms with Crippen LogP contribution in [-0.2, 0) is 0 Å². The second-order valence-corrected chi connectivity index (χ2v) is 4.92. The van der Waals surface area contributed by atoms with E-state index in [4.69, 9.17) is 10.5 Å². The lowest BCUT2D eigenvalue weighted by molar-refractivity contribution is 0.295. The SMILES string of the molecule is CCCOc1cccc(N(CCO)C(CC)CC)c1N. The molecule has 1 aromatic carbocycles. The second kappa shape index (κ2) is 8.69. The van der Waals surface area contributed by atoms with Gasteiger partial charge in [-0.25, -0.2) is 0 Å². The van der Waals surface area contributed by atoms with Gasteiger partial charge in [-0.2, -0.15) is 0 Å². The Labute approximate surface area is 122 Å². The minimum atomic E-state index is 0.121. The van der Waals surface area contributed by atoms with E-state index in [1.807, 2.05) is 18.2 Å². The summed E-state index contributed by atoms with van der Waals surface area (Å²) in [6, 6.07) is 6.25. The first-order valence-corrected chi connectivity index (χ1v) is 7.58. The number of ether oxygens (including phenoxy) is 1. The van der Waals surface area contributed by atoms with Crippen LogP contribution < -0.4 is 15.4 Å². The van der Waals surface area contributed by atoms with Crippen molar-refractivity contribution in [1.29, 1.82) is 0 Å². The third-order valence-electron chi connectivity index (χ3n) is 3.54. The lowest BCUT2D eigenvalue weighted by Crippen LogP contribution is -2.37. The fraction of sp³-hybridized carbons (Fsp3) is 0.625. The fourth-order valence-electron chi connectivity index (χ4n) is 2.46. The number of hydrogen-bond acceptors (Lipinski definition) is 4. The standard InChI is InChI=1S/C16H28N2O2/c1-4-12-20-15-9-7-8-14(16(15)17)18(10-11-19)13(5-2)6-3/h7-9,13,19H,4-6,10-12,17H2,1-3H3. The summed E-state index contributed by atoms with van der Waals surface area (Å²) in [7, 11) is 0. The number of aliphatic hydroxyl groups excluding tert-OH is 1. The van der Waals surface area contributed by atoms with Crippen molar-refractivity contribution >= 4 is 11.4 Å². The minimum Gasteiger partial charge on any atom is -0.491 e. The molecule has 4 heteroatoms. The number of anilines is 2. The molecule has 0 bridgehead atoms. The van der Waals surface area contributed by atoms with Gasteiger partial charge in [0.15, 0.2) is 0 Å². The van der Waals surface area contributed by atoms with E-state index in [1.165, 1.54) is 0 Å². The zero-order chi connectivity index (χ0) is 15.0. The Morgan fingerprint density at radius 3 is 2.50 bits per heavy atom. The van der Waals surface area contributed by atoms with Gasteiger partial charge in [0.05, 0.1) is 24.6 Å². The Kier molecular flexibility index (Phi) is 7.23. The van der Waals surface area contributed by atoms with Gasteiger partial charge in [0.1, 0.15) is 5.75 Å². The maximum atomic E-state index is 9.33. The molecule has 0 aliphatic carbocycles. The van der Waals surface area contributed by atoms with Crippen molar-refractivity contribution in [3.05, 3.63) is 18.2 Å². The smallest absolute Gasteiger partial charge is 0.144 e. The molecule has 0 unspecified atom stereocenters. The minimum absolute atomic E-state index is 0.121. The van der Waals surface area contributed by atoms with Crippen LogP contribution in [0.3, 0.4) is 0 Å². The molecule has 0 fully saturated rings. The fourth-order valence-corrected chi connectivity index (χ4v) is 2.46. The maximum Gasteiger partial charge on any atom is 0.144 e. The molecule has 20 heavy (non-hydrogen) atoms. The van der Waals surface area contributed by atoms with Crippen molar-refractivity contribution in [2.24, 2.45) is 0 Å². The van der Waals surface area contributed by atoms with Crippen LogP contribution >= 0.6 is 0 Å². The monoisotopic (exact) mass is 280 g/mol. The number of nitrogen functional groups attached to an aromatic ring is 1. The zero-order valence-corrected chi connectivity index (χ0v) is 12.9. The van der Waals surface area contributed by atoms with Gasteiger partial charge in [-0.05, 0) is 31.4 Å². The Morgan fingerprint density at radius 2 is 1.95 bits per heavy atom. The van der Waals surface area contributed by atoms with Crippen molar-refractivity contribution in [1.82, 2.24) is 0 Å². The van der Waals surface area contributed by atoms with Crippen molar-refractivity contribution in [2.75, 3.05) is 30.4 Å².